The number of nitrogens with zero attached hydrogens (tertiary/aromatic N) is 5. The van der Waals surface area contributed by atoms with E-state index < -0.39 is 5.60 Å². The lowest BCUT2D eigenvalue weighted by atomic mass is 10.0. The second-order valence-electron chi connectivity index (χ2n) is 10.6. The molecule has 2 saturated heterocycles. The molecule has 4 heterocycles. The molecular weight excluding hydrogens is 464 g/mol. The molecule has 2 fully saturated rings. The molecule has 0 unspecified atom stereocenters. The molecular formula is C26H37ClN6O2. The van der Waals surface area contributed by atoms with Crippen molar-refractivity contribution >= 4 is 23.4 Å². The van der Waals surface area contributed by atoms with E-state index in [2.05, 4.69) is 44.2 Å². The summed E-state index contributed by atoms with van der Waals surface area (Å²) in [6.45, 7) is 12.4. The fourth-order valence-corrected chi connectivity index (χ4v) is 4.76. The van der Waals surface area contributed by atoms with Crippen LogP contribution in [0.1, 0.15) is 39.3 Å². The zero-order valence-corrected chi connectivity index (χ0v) is 22.0. The Balaban J connectivity index is 1.46. The molecule has 1 N–H and O–H groups in total. The monoisotopic (exact) mass is 500 g/mol. The molecule has 190 valence electrons. The number of carbonyl (C=O) groups is 1. The van der Waals surface area contributed by atoms with Crippen LogP contribution < -0.4 is 10.2 Å². The summed E-state index contributed by atoms with van der Waals surface area (Å²) in [7, 11) is 2.17. The lowest BCUT2D eigenvalue weighted by Crippen LogP contribution is -2.49. The van der Waals surface area contributed by atoms with Gasteiger partial charge in [-0.15, -0.1) is 0 Å². The van der Waals surface area contributed by atoms with Crippen LogP contribution in [0.4, 0.5) is 10.5 Å². The molecule has 2 aromatic rings. The van der Waals surface area contributed by atoms with Crippen LogP contribution in [-0.4, -0.2) is 83.8 Å². The average molecular weight is 501 g/mol. The number of likely N-dealkylation sites (N-methyl/N-ethyl adjacent to an activating group) is 1. The number of aromatic nitrogens is 2. The normalized spacial score (nSPS) is 20.0. The Bertz CT molecular complexity index is 1000. The maximum atomic E-state index is 12.3. The highest BCUT2D eigenvalue weighted by molar-refractivity contribution is 6.29. The van der Waals surface area contributed by atoms with Crippen molar-refractivity contribution in [1.29, 1.82) is 0 Å². The number of anilines is 1. The third-order valence-corrected chi connectivity index (χ3v) is 6.66. The van der Waals surface area contributed by atoms with Gasteiger partial charge in [-0.3, -0.25) is 9.88 Å². The van der Waals surface area contributed by atoms with Gasteiger partial charge in [0.05, 0.1) is 5.69 Å². The summed E-state index contributed by atoms with van der Waals surface area (Å²) >= 11 is 6.31. The molecule has 0 saturated carbocycles. The first-order valence-electron chi connectivity index (χ1n) is 12.4. The van der Waals surface area contributed by atoms with E-state index in [4.69, 9.17) is 21.3 Å². The highest BCUT2D eigenvalue weighted by Gasteiger charge is 2.26. The minimum absolute atomic E-state index is 0.00230. The van der Waals surface area contributed by atoms with E-state index in [1.165, 1.54) is 0 Å². The lowest BCUT2D eigenvalue weighted by molar-refractivity contribution is 0.0500. The van der Waals surface area contributed by atoms with Gasteiger partial charge in [0.15, 0.2) is 0 Å². The van der Waals surface area contributed by atoms with E-state index >= 15 is 0 Å². The van der Waals surface area contributed by atoms with Crippen LogP contribution in [0.3, 0.4) is 0 Å². The van der Waals surface area contributed by atoms with Crippen LogP contribution >= 0.6 is 11.6 Å². The van der Waals surface area contributed by atoms with Gasteiger partial charge in [-0.05, 0) is 52.8 Å². The Morgan fingerprint density at radius 3 is 2.60 bits per heavy atom. The summed E-state index contributed by atoms with van der Waals surface area (Å²) in [4.78, 5) is 28.5. The van der Waals surface area contributed by atoms with Crippen molar-refractivity contribution in [2.75, 3.05) is 51.2 Å². The van der Waals surface area contributed by atoms with Crippen LogP contribution in [-0.2, 0) is 11.3 Å². The Morgan fingerprint density at radius 1 is 1.14 bits per heavy atom. The predicted octanol–water partition coefficient (Wildman–Crippen LogP) is 4.04. The standard InChI is InChI=1S/C26H37ClN6O2/c1-26(2,3)35-25(34)30-21-6-5-9-33(18-21)23-14-24(27)29-16-22(23)19-7-8-20(28-15-19)17-32-12-10-31(4)11-13-32/h7-8,14-16,21H,5-6,9-13,17-18H2,1-4H3,(H,30,34)/t21-/m0/s1. The van der Waals surface area contributed by atoms with Crippen molar-refractivity contribution in [2.45, 2.75) is 51.8 Å². The molecule has 9 heteroatoms. The molecule has 0 aromatic carbocycles. The van der Waals surface area contributed by atoms with E-state index in [1.807, 2.05) is 39.2 Å². The summed E-state index contributed by atoms with van der Waals surface area (Å²) in [5.74, 6) is 0. The van der Waals surface area contributed by atoms with Crippen molar-refractivity contribution < 1.29 is 9.53 Å². The summed E-state index contributed by atoms with van der Waals surface area (Å²) in [6.07, 6.45) is 5.24. The number of nitrogens with one attached hydrogen (secondary N) is 1. The van der Waals surface area contributed by atoms with Crippen LogP contribution in [0.5, 0.6) is 0 Å². The highest BCUT2D eigenvalue weighted by atomic mass is 35.5. The summed E-state index contributed by atoms with van der Waals surface area (Å²) in [6, 6.07) is 6.13. The summed E-state index contributed by atoms with van der Waals surface area (Å²) in [5.41, 5.74) is 3.56. The number of piperidine rings is 1. The van der Waals surface area contributed by atoms with Gasteiger partial charge in [0.25, 0.3) is 0 Å². The average Bonchev–Trinajstić information content (AvgIpc) is 2.80. The molecule has 2 aliphatic rings. The number of amides is 1. The van der Waals surface area contributed by atoms with Crippen molar-refractivity contribution in [3.63, 3.8) is 0 Å². The maximum absolute atomic E-state index is 12.3. The largest absolute Gasteiger partial charge is 0.444 e. The van der Waals surface area contributed by atoms with Crippen molar-refractivity contribution in [2.24, 2.45) is 0 Å². The number of carbonyl (C=O) groups excluding carboxylic acids is 1. The molecule has 0 bridgehead atoms. The Morgan fingerprint density at radius 2 is 1.91 bits per heavy atom. The first-order valence-corrected chi connectivity index (χ1v) is 12.8. The lowest BCUT2D eigenvalue weighted by Gasteiger charge is -2.36. The van der Waals surface area contributed by atoms with Gasteiger partial charge in [0.2, 0.25) is 0 Å². The Kier molecular flexibility index (Phi) is 8.14. The number of hydrogen-bond donors (Lipinski definition) is 1. The quantitative estimate of drug-likeness (QED) is 0.621. The number of rotatable bonds is 5. The molecule has 1 atom stereocenters. The second kappa shape index (κ2) is 11.1. The van der Waals surface area contributed by atoms with Crippen LogP contribution in [0.2, 0.25) is 5.15 Å². The van der Waals surface area contributed by atoms with E-state index in [9.17, 15) is 4.79 Å². The molecule has 8 nitrogen and oxygen atoms in total. The first kappa shape index (κ1) is 25.7. The van der Waals surface area contributed by atoms with Crippen LogP contribution in [0, 0.1) is 0 Å². The van der Waals surface area contributed by atoms with Crippen molar-refractivity contribution in [1.82, 2.24) is 25.1 Å². The number of pyridine rings is 2. The van der Waals surface area contributed by atoms with E-state index in [0.29, 0.717) is 11.7 Å². The van der Waals surface area contributed by atoms with Crippen molar-refractivity contribution in [3.05, 3.63) is 41.4 Å². The second-order valence-corrected chi connectivity index (χ2v) is 11.0. The maximum Gasteiger partial charge on any atom is 0.407 e. The molecule has 2 aliphatic heterocycles. The molecule has 35 heavy (non-hydrogen) atoms. The fourth-order valence-electron chi connectivity index (χ4n) is 4.60. The highest BCUT2D eigenvalue weighted by Crippen LogP contribution is 2.33. The van der Waals surface area contributed by atoms with Gasteiger partial charge in [0.1, 0.15) is 10.8 Å². The smallest absolute Gasteiger partial charge is 0.407 e. The Hall–Kier alpha value is -2.42. The molecule has 1 amide bonds. The fraction of sp³-hybridized carbons (Fsp3) is 0.577. The van der Waals surface area contributed by atoms with Gasteiger partial charge < -0.3 is 19.9 Å². The Labute approximate surface area is 213 Å². The summed E-state index contributed by atoms with van der Waals surface area (Å²) < 4.78 is 5.45. The predicted molar refractivity (Wildman–Crippen MR) is 140 cm³/mol. The molecule has 0 spiro atoms. The van der Waals surface area contributed by atoms with Crippen LogP contribution in [0.25, 0.3) is 11.1 Å². The van der Waals surface area contributed by atoms with Gasteiger partial charge in [-0.1, -0.05) is 17.7 Å². The zero-order chi connectivity index (χ0) is 25.0. The number of ether oxygens (including phenoxy) is 1. The molecule has 0 aliphatic carbocycles. The SMILES string of the molecule is CN1CCN(Cc2ccc(-c3cnc(Cl)cc3N3CCC[C@H](NC(=O)OC(C)(C)C)C3)cn2)CC1. The van der Waals surface area contributed by atoms with E-state index in [-0.39, 0.29) is 12.1 Å². The minimum Gasteiger partial charge on any atom is -0.444 e. The zero-order valence-electron chi connectivity index (χ0n) is 21.3. The summed E-state index contributed by atoms with van der Waals surface area (Å²) in [5, 5.41) is 3.48. The molecule has 4 rings (SSSR count). The topological polar surface area (TPSA) is 73.8 Å². The van der Waals surface area contributed by atoms with Gasteiger partial charge in [-0.2, -0.15) is 0 Å². The van der Waals surface area contributed by atoms with Gasteiger partial charge in [0, 0.05) is 81.1 Å². The van der Waals surface area contributed by atoms with Gasteiger partial charge in [-0.25, -0.2) is 9.78 Å². The third kappa shape index (κ3) is 7.29. The number of hydrogen-bond acceptors (Lipinski definition) is 7. The third-order valence-electron chi connectivity index (χ3n) is 6.45. The minimum atomic E-state index is -0.520. The number of piperazine rings is 1. The number of halogens is 1. The van der Waals surface area contributed by atoms with Gasteiger partial charge >= 0.3 is 6.09 Å². The van der Waals surface area contributed by atoms with Crippen molar-refractivity contribution in [3.8, 4) is 11.1 Å². The van der Waals surface area contributed by atoms with E-state index in [1.54, 1.807) is 0 Å². The molecule has 2 aromatic heterocycles. The molecule has 0 radical (unpaired) electrons. The first-order chi connectivity index (χ1) is 16.7. The van der Waals surface area contributed by atoms with Crippen LogP contribution in [0.15, 0.2) is 30.6 Å². The number of alkyl carbamates (subject to hydrolysis) is 1. The van der Waals surface area contributed by atoms with E-state index in [0.717, 1.165) is 74.6 Å².